The van der Waals surface area contributed by atoms with Gasteiger partial charge in [-0.1, -0.05) is 41.7 Å². The molecule has 2 heteroatoms. The topological polar surface area (TPSA) is 17.1 Å². The Morgan fingerprint density at radius 3 is 1.70 bits per heavy atom. The first-order valence-electron chi connectivity index (χ1n) is 8.41. The number of hydrogen-bond donors (Lipinski definition) is 0. The molecule has 132 valence electrons. The zero-order chi connectivity index (χ0) is 18.0. The molecule has 0 aliphatic rings. The van der Waals surface area contributed by atoms with E-state index in [1.54, 1.807) is 12.1 Å². The number of benzene rings is 2. The first-order chi connectivity index (χ1) is 12.8. The smallest absolute Gasteiger partial charge is 0.298 e. The predicted octanol–water partition coefficient (Wildman–Crippen LogP) is 5.69. The standard InChI is InChI=1S/C20H13O.C5H5.Fe/c21-15-18-9-7-16(8-10-18)5-6-17-11-13-20(14-12-17)19-3-1-2-4-19;1-2-4-5-3-1;/h1-4,7-15H;1-5H;/q2*-1;+2. The Balaban J connectivity index is 0.000000379. The molecule has 0 bridgehead atoms. The summed E-state index contributed by atoms with van der Waals surface area (Å²) in [5.74, 6) is 6.23. The van der Waals surface area contributed by atoms with E-state index in [9.17, 15) is 4.79 Å². The molecule has 0 atom stereocenters. The van der Waals surface area contributed by atoms with Crippen molar-refractivity contribution in [1.29, 1.82) is 0 Å². The zero-order valence-corrected chi connectivity index (χ0v) is 15.8. The second-order valence-electron chi connectivity index (χ2n) is 5.70. The van der Waals surface area contributed by atoms with Gasteiger partial charge in [-0.05, 0) is 12.1 Å². The molecule has 27 heavy (non-hydrogen) atoms. The van der Waals surface area contributed by atoms with Gasteiger partial charge in [0.1, 0.15) is 6.29 Å². The summed E-state index contributed by atoms with van der Waals surface area (Å²) in [6, 6.07) is 33.7. The van der Waals surface area contributed by atoms with Gasteiger partial charge in [-0.2, -0.15) is 30.3 Å². The van der Waals surface area contributed by atoms with E-state index in [2.05, 4.69) is 36.1 Å². The van der Waals surface area contributed by atoms with E-state index in [-0.39, 0.29) is 17.1 Å². The fraction of sp³-hybridized carbons (Fsp3) is 0. The molecule has 4 aromatic carbocycles. The van der Waals surface area contributed by atoms with E-state index in [0.29, 0.717) is 5.56 Å². The molecule has 0 aliphatic carbocycles. The van der Waals surface area contributed by atoms with Gasteiger partial charge in [0.15, 0.2) is 0 Å². The normalized spacial score (nSPS) is 9.04. The molecule has 0 amide bonds. The number of aldehydes is 1. The maximum absolute atomic E-state index is 10.6. The maximum atomic E-state index is 10.6. The summed E-state index contributed by atoms with van der Waals surface area (Å²) in [6.45, 7) is 0. The van der Waals surface area contributed by atoms with Crippen molar-refractivity contribution in [2.75, 3.05) is 0 Å². The summed E-state index contributed by atoms with van der Waals surface area (Å²) in [4.78, 5) is 10.6. The Bertz CT molecular complexity index is 948. The molecule has 4 aromatic rings. The minimum absolute atomic E-state index is 0. The van der Waals surface area contributed by atoms with Crippen molar-refractivity contribution in [2.45, 2.75) is 0 Å². The summed E-state index contributed by atoms with van der Waals surface area (Å²) >= 11 is 0. The van der Waals surface area contributed by atoms with Crippen LogP contribution in [0.15, 0.2) is 103 Å². The van der Waals surface area contributed by atoms with E-state index in [1.165, 1.54) is 11.1 Å². The van der Waals surface area contributed by atoms with Crippen molar-refractivity contribution in [3.8, 4) is 23.0 Å². The molecule has 0 aliphatic heterocycles. The minimum Gasteiger partial charge on any atom is -0.298 e. The van der Waals surface area contributed by atoms with Gasteiger partial charge in [-0.3, -0.25) is 4.79 Å². The maximum Gasteiger partial charge on any atom is 2.00 e. The van der Waals surface area contributed by atoms with Crippen LogP contribution in [0, 0.1) is 11.8 Å². The second-order valence-corrected chi connectivity index (χ2v) is 5.70. The monoisotopic (exact) mass is 390 g/mol. The Morgan fingerprint density at radius 2 is 1.26 bits per heavy atom. The van der Waals surface area contributed by atoms with Crippen LogP contribution in [0.4, 0.5) is 0 Å². The quantitative estimate of drug-likeness (QED) is 0.186. The molecule has 0 unspecified atom stereocenters. The third-order valence-electron chi connectivity index (χ3n) is 3.83. The number of hydrogen-bond acceptors (Lipinski definition) is 1. The molecule has 0 N–H and O–H groups in total. The SMILES string of the molecule is O=Cc1ccc(C#Cc2ccc(-[c-]3cccc3)cc2)cc1.[Fe+2].c1cc[cH-]c1. The van der Waals surface area contributed by atoms with Gasteiger partial charge in [0.2, 0.25) is 0 Å². The molecule has 0 saturated heterocycles. The minimum atomic E-state index is 0. The van der Waals surface area contributed by atoms with E-state index >= 15 is 0 Å². The fourth-order valence-electron chi connectivity index (χ4n) is 2.42. The molecular formula is C25H18FeO. The molecule has 0 spiro atoms. The Hall–Kier alpha value is -3.11. The van der Waals surface area contributed by atoms with E-state index < -0.39 is 0 Å². The third-order valence-corrected chi connectivity index (χ3v) is 3.83. The van der Waals surface area contributed by atoms with Crippen molar-refractivity contribution in [3.63, 3.8) is 0 Å². The van der Waals surface area contributed by atoms with E-state index in [4.69, 9.17) is 0 Å². The number of carbonyl (C=O) groups excluding carboxylic acids is 1. The molecule has 0 heterocycles. The van der Waals surface area contributed by atoms with Crippen LogP contribution >= 0.6 is 0 Å². The van der Waals surface area contributed by atoms with Crippen LogP contribution in [-0.2, 0) is 17.1 Å². The second kappa shape index (κ2) is 10.8. The van der Waals surface area contributed by atoms with Crippen molar-refractivity contribution < 1.29 is 21.9 Å². The van der Waals surface area contributed by atoms with Gasteiger partial charge in [-0.25, -0.2) is 12.1 Å². The van der Waals surface area contributed by atoms with Crippen LogP contribution in [0.1, 0.15) is 21.5 Å². The molecule has 1 nitrogen and oxygen atoms in total. The first kappa shape index (κ1) is 20.2. The molecule has 0 saturated carbocycles. The van der Waals surface area contributed by atoms with Gasteiger partial charge < -0.3 is 0 Å². The van der Waals surface area contributed by atoms with Gasteiger partial charge in [-0.15, -0.1) is 29.8 Å². The van der Waals surface area contributed by atoms with Crippen LogP contribution in [0.5, 0.6) is 0 Å². The average Bonchev–Trinajstić information content (AvgIpc) is 3.44. The van der Waals surface area contributed by atoms with Crippen LogP contribution in [0.3, 0.4) is 0 Å². The molecule has 0 aromatic heterocycles. The molecule has 0 fully saturated rings. The van der Waals surface area contributed by atoms with Crippen molar-refractivity contribution >= 4 is 6.29 Å². The Kier molecular flexibility index (Phi) is 8.07. The van der Waals surface area contributed by atoms with Crippen LogP contribution in [0.25, 0.3) is 11.1 Å². The van der Waals surface area contributed by atoms with Gasteiger partial charge >= 0.3 is 17.1 Å². The summed E-state index contributed by atoms with van der Waals surface area (Å²) in [6.07, 6.45) is 0.833. The summed E-state index contributed by atoms with van der Waals surface area (Å²) in [5, 5.41) is 0. The first-order valence-corrected chi connectivity index (χ1v) is 8.41. The van der Waals surface area contributed by atoms with Crippen molar-refractivity contribution in [1.82, 2.24) is 0 Å². The Labute approximate surface area is 170 Å². The third kappa shape index (κ3) is 6.28. The van der Waals surface area contributed by atoms with Crippen molar-refractivity contribution in [2.24, 2.45) is 0 Å². The van der Waals surface area contributed by atoms with Crippen molar-refractivity contribution in [3.05, 3.63) is 120 Å². The molecule has 4 rings (SSSR count). The van der Waals surface area contributed by atoms with Gasteiger partial charge in [0, 0.05) is 16.7 Å². The zero-order valence-electron chi connectivity index (χ0n) is 14.7. The van der Waals surface area contributed by atoms with Crippen LogP contribution in [0.2, 0.25) is 0 Å². The molecule has 0 radical (unpaired) electrons. The average molecular weight is 390 g/mol. The number of carbonyl (C=O) groups is 1. The largest absolute Gasteiger partial charge is 2.00 e. The van der Waals surface area contributed by atoms with Gasteiger partial charge in [0.05, 0.1) is 0 Å². The summed E-state index contributed by atoms with van der Waals surface area (Å²) < 4.78 is 0. The number of rotatable bonds is 2. The van der Waals surface area contributed by atoms with E-state index in [1.807, 2.05) is 66.7 Å². The summed E-state index contributed by atoms with van der Waals surface area (Å²) in [7, 11) is 0. The van der Waals surface area contributed by atoms with Gasteiger partial charge in [0.25, 0.3) is 0 Å². The van der Waals surface area contributed by atoms with Crippen LogP contribution in [-0.4, -0.2) is 6.29 Å². The summed E-state index contributed by atoms with van der Waals surface area (Å²) in [5.41, 5.74) is 4.96. The van der Waals surface area contributed by atoms with Crippen LogP contribution < -0.4 is 0 Å². The molecular weight excluding hydrogens is 372 g/mol. The Morgan fingerprint density at radius 1 is 0.741 bits per heavy atom. The van der Waals surface area contributed by atoms with E-state index in [0.717, 1.165) is 17.4 Å². The predicted molar refractivity (Wildman–Crippen MR) is 107 cm³/mol. The fourth-order valence-corrected chi connectivity index (χ4v) is 2.42.